The standard InChI is InChI=1S/C24H19BrN4O3S/c1-3-11-28-18-10-7-15(25)13-17(18)19(22(28)30)20-23(31)29-24(33-20)26-21(27-29)14-5-8-16(9-6-14)32-12-4-2/h4-10,13H,2-3,11-12H2,1H3. The fourth-order valence-corrected chi connectivity index (χ4v) is 5.19. The van der Waals surface area contributed by atoms with E-state index in [1.165, 1.54) is 15.9 Å². The van der Waals surface area contributed by atoms with Gasteiger partial charge in [0.2, 0.25) is 4.96 Å². The van der Waals surface area contributed by atoms with Gasteiger partial charge in [0.1, 0.15) is 16.9 Å². The summed E-state index contributed by atoms with van der Waals surface area (Å²) in [4.78, 5) is 33.3. The number of hydrogen-bond acceptors (Lipinski definition) is 6. The van der Waals surface area contributed by atoms with E-state index in [4.69, 9.17) is 4.74 Å². The van der Waals surface area contributed by atoms with Crippen LogP contribution in [0.5, 0.6) is 5.75 Å². The third kappa shape index (κ3) is 3.67. The zero-order valence-electron chi connectivity index (χ0n) is 17.7. The van der Waals surface area contributed by atoms with E-state index in [1.807, 2.05) is 49.4 Å². The number of amides is 1. The Morgan fingerprint density at radius 2 is 1.97 bits per heavy atom. The summed E-state index contributed by atoms with van der Waals surface area (Å²) in [7, 11) is 0. The highest BCUT2D eigenvalue weighted by Crippen LogP contribution is 2.37. The maximum Gasteiger partial charge on any atom is 0.291 e. The van der Waals surface area contributed by atoms with Crippen LogP contribution >= 0.6 is 27.3 Å². The van der Waals surface area contributed by atoms with Crippen molar-refractivity contribution in [2.24, 2.45) is 0 Å². The van der Waals surface area contributed by atoms with E-state index in [2.05, 4.69) is 32.6 Å². The number of aromatic nitrogens is 3. The minimum Gasteiger partial charge on any atom is -0.490 e. The second-order valence-corrected chi connectivity index (χ2v) is 9.38. The van der Waals surface area contributed by atoms with Crippen LogP contribution in [-0.4, -0.2) is 33.7 Å². The lowest BCUT2D eigenvalue weighted by molar-refractivity contribution is -0.113. The van der Waals surface area contributed by atoms with Crippen molar-refractivity contribution in [1.82, 2.24) is 14.6 Å². The van der Waals surface area contributed by atoms with Crippen LogP contribution in [0.25, 0.3) is 21.9 Å². The van der Waals surface area contributed by atoms with Crippen molar-refractivity contribution in [3.05, 3.63) is 80.0 Å². The number of nitrogens with zero attached hydrogens (tertiary/aromatic N) is 4. The van der Waals surface area contributed by atoms with Crippen LogP contribution in [0.4, 0.5) is 5.69 Å². The molecule has 0 N–H and O–H groups in total. The Kier molecular flexibility index (Phi) is 5.59. The lowest BCUT2D eigenvalue weighted by Gasteiger charge is -2.15. The summed E-state index contributed by atoms with van der Waals surface area (Å²) in [6, 6.07) is 13.0. The number of carbonyl (C=O) groups is 1. The number of carbonyl (C=O) groups excluding carboxylic acids is 1. The number of halogens is 1. The lowest BCUT2D eigenvalue weighted by atomic mass is 10.1. The lowest BCUT2D eigenvalue weighted by Crippen LogP contribution is -2.32. The van der Waals surface area contributed by atoms with Gasteiger partial charge in [-0.25, -0.2) is 0 Å². The summed E-state index contributed by atoms with van der Waals surface area (Å²) in [5.41, 5.74) is 2.41. The molecule has 0 bridgehead atoms. The molecule has 1 amide bonds. The summed E-state index contributed by atoms with van der Waals surface area (Å²) in [6.45, 7) is 6.66. The summed E-state index contributed by atoms with van der Waals surface area (Å²) in [5.74, 6) is 0.990. The van der Waals surface area contributed by atoms with E-state index < -0.39 is 0 Å². The largest absolute Gasteiger partial charge is 0.490 e. The minimum atomic E-state index is -0.340. The van der Waals surface area contributed by atoms with Crippen molar-refractivity contribution < 1.29 is 9.53 Å². The summed E-state index contributed by atoms with van der Waals surface area (Å²) in [6.07, 6.45) is 2.49. The fourth-order valence-electron chi connectivity index (χ4n) is 3.83. The zero-order valence-corrected chi connectivity index (χ0v) is 20.1. The molecule has 1 aliphatic heterocycles. The van der Waals surface area contributed by atoms with Crippen molar-refractivity contribution in [1.29, 1.82) is 0 Å². The first-order valence-corrected chi connectivity index (χ1v) is 12.0. The Morgan fingerprint density at radius 3 is 2.67 bits per heavy atom. The monoisotopic (exact) mass is 522 g/mol. The molecular weight excluding hydrogens is 504 g/mol. The van der Waals surface area contributed by atoms with Crippen molar-refractivity contribution >= 4 is 49.4 Å². The number of fused-ring (bicyclic) bond motifs is 2. The molecule has 0 saturated heterocycles. The molecule has 9 heteroatoms. The normalized spacial score (nSPS) is 14.7. The number of rotatable bonds is 6. The molecule has 166 valence electrons. The highest BCUT2D eigenvalue weighted by atomic mass is 79.9. The van der Waals surface area contributed by atoms with E-state index in [-0.39, 0.29) is 11.5 Å². The van der Waals surface area contributed by atoms with Gasteiger partial charge in [-0.1, -0.05) is 46.8 Å². The summed E-state index contributed by atoms with van der Waals surface area (Å²) < 4.78 is 7.98. The maximum atomic E-state index is 13.3. The summed E-state index contributed by atoms with van der Waals surface area (Å²) in [5, 5.41) is 4.42. The number of ether oxygens (including phenoxy) is 1. The highest BCUT2D eigenvalue weighted by Gasteiger charge is 2.34. The maximum absolute atomic E-state index is 13.3. The molecule has 0 fully saturated rings. The molecule has 2 aromatic heterocycles. The Morgan fingerprint density at radius 1 is 1.18 bits per heavy atom. The van der Waals surface area contributed by atoms with Crippen LogP contribution in [0.15, 0.2) is 64.4 Å². The molecule has 0 aliphatic carbocycles. The van der Waals surface area contributed by atoms with Crippen LogP contribution in [0, 0.1) is 0 Å². The van der Waals surface area contributed by atoms with Crippen LogP contribution in [-0.2, 0) is 4.79 Å². The molecule has 5 rings (SSSR count). The Hall–Kier alpha value is -3.30. The Bertz CT molecular complexity index is 1510. The van der Waals surface area contributed by atoms with Crippen LogP contribution in [0.2, 0.25) is 0 Å². The molecule has 33 heavy (non-hydrogen) atoms. The van der Waals surface area contributed by atoms with Gasteiger partial charge < -0.3 is 9.64 Å². The van der Waals surface area contributed by atoms with Gasteiger partial charge in [0, 0.05) is 22.1 Å². The molecule has 2 aromatic carbocycles. The zero-order chi connectivity index (χ0) is 23.1. The van der Waals surface area contributed by atoms with Crippen molar-refractivity contribution in [2.75, 3.05) is 18.1 Å². The van der Waals surface area contributed by atoms with E-state index >= 15 is 0 Å². The first-order chi connectivity index (χ1) is 16.0. The van der Waals surface area contributed by atoms with Gasteiger partial charge in [0.25, 0.3) is 11.5 Å². The molecule has 0 radical (unpaired) electrons. The second kappa shape index (κ2) is 8.57. The molecule has 0 atom stereocenters. The number of hydrogen-bond donors (Lipinski definition) is 0. The topological polar surface area (TPSA) is 76.8 Å². The van der Waals surface area contributed by atoms with Crippen LogP contribution in [0.3, 0.4) is 0 Å². The highest BCUT2D eigenvalue weighted by molar-refractivity contribution is 9.10. The predicted molar refractivity (Wildman–Crippen MR) is 133 cm³/mol. The molecule has 4 aromatic rings. The molecule has 1 aliphatic rings. The van der Waals surface area contributed by atoms with Gasteiger partial charge in [0.05, 0.1) is 11.3 Å². The smallest absolute Gasteiger partial charge is 0.291 e. The first-order valence-electron chi connectivity index (χ1n) is 10.4. The second-order valence-electron chi connectivity index (χ2n) is 7.48. The van der Waals surface area contributed by atoms with E-state index in [9.17, 15) is 9.59 Å². The quantitative estimate of drug-likeness (QED) is 0.360. The molecular formula is C24H19BrN4O3S. The van der Waals surface area contributed by atoms with Gasteiger partial charge in [-0.3, -0.25) is 9.59 Å². The van der Waals surface area contributed by atoms with Crippen molar-refractivity contribution in [3.8, 4) is 17.1 Å². The molecule has 0 unspecified atom stereocenters. The molecule has 0 spiro atoms. The van der Waals surface area contributed by atoms with Crippen LogP contribution in [0.1, 0.15) is 18.9 Å². The Balaban J connectivity index is 1.61. The molecule has 0 saturated carbocycles. The average molecular weight is 523 g/mol. The van der Waals surface area contributed by atoms with Gasteiger partial charge in [-0.2, -0.15) is 9.50 Å². The third-order valence-corrected chi connectivity index (χ3v) is 6.81. The van der Waals surface area contributed by atoms with E-state index in [0.29, 0.717) is 39.8 Å². The first kappa shape index (κ1) is 21.5. The fraction of sp³-hybridized carbons (Fsp3) is 0.167. The van der Waals surface area contributed by atoms with Crippen molar-refractivity contribution in [2.45, 2.75) is 13.3 Å². The minimum absolute atomic E-state index is 0.165. The number of thiazole rings is 1. The van der Waals surface area contributed by atoms with Gasteiger partial charge in [0.15, 0.2) is 5.82 Å². The van der Waals surface area contributed by atoms with Gasteiger partial charge in [-0.15, -0.1) is 5.10 Å². The van der Waals surface area contributed by atoms with E-state index in [0.717, 1.165) is 27.7 Å². The molecule has 7 nitrogen and oxygen atoms in total. The Labute approximate surface area is 201 Å². The third-order valence-electron chi connectivity index (χ3n) is 5.29. The average Bonchev–Trinajstić information content (AvgIpc) is 3.44. The van der Waals surface area contributed by atoms with Crippen molar-refractivity contribution in [3.63, 3.8) is 0 Å². The van der Waals surface area contributed by atoms with E-state index in [1.54, 1.807) is 11.0 Å². The SMILES string of the molecule is C=CCOc1ccc(-c2nc3sc(=C4C(=O)N(CCC)c5ccc(Br)cc54)c(=O)n3n2)cc1. The predicted octanol–water partition coefficient (Wildman–Crippen LogP) is 3.82. The van der Waals surface area contributed by atoms with Crippen LogP contribution < -0.4 is 19.7 Å². The number of benzene rings is 2. The molecule has 3 heterocycles. The summed E-state index contributed by atoms with van der Waals surface area (Å²) >= 11 is 4.67. The van der Waals surface area contributed by atoms with Gasteiger partial charge >= 0.3 is 0 Å². The van der Waals surface area contributed by atoms with Gasteiger partial charge in [-0.05, 0) is 48.9 Å². The number of anilines is 1.